The molecule has 0 spiro atoms. The van der Waals surface area contributed by atoms with Crippen molar-refractivity contribution in [2.75, 3.05) is 20.8 Å². The molecule has 0 radical (unpaired) electrons. The Labute approximate surface area is 114 Å². The monoisotopic (exact) mass is 267 g/mol. The number of nitrogens with one attached hydrogen (secondary N) is 1. The zero-order valence-electron chi connectivity index (χ0n) is 11.8. The maximum absolute atomic E-state index is 14.2. The Morgan fingerprint density at radius 2 is 1.89 bits per heavy atom. The van der Waals surface area contributed by atoms with Gasteiger partial charge >= 0.3 is 0 Å². The Balaban J connectivity index is 2.30. The molecule has 0 aliphatic heterocycles. The second kappa shape index (κ2) is 6.24. The van der Waals surface area contributed by atoms with Crippen LogP contribution in [0.3, 0.4) is 0 Å². The summed E-state index contributed by atoms with van der Waals surface area (Å²) in [6.45, 7) is 3.01. The van der Waals surface area contributed by atoms with E-state index in [1.165, 1.54) is 13.2 Å². The Bertz CT molecular complexity index is 432. The van der Waals surface area contributed by atoms with Crippen molar-refractivity contribution in [1.29, 1.82) is 0 Å². The fourth-order valence-electron chi connectivity index (χ4n) is 2.37. The molecule has 2 rings (SSSR count). The first kappa shape index (κ1) is 14.1. The lowest BCUT2D eigenvalue weighted by molar-refractivity contribution is 0.349. The molecular formula is C15H22FNO2. The molecule has 1 aliphatic carbocycles. The largest absolute Gasteiger partial charge is 0.493 e. The van der Waals surface area contributed by atoms with E-state index in [-0.39, 0.29) is 11.9 Å². The molecular weight excluding hydrogens is 245 g/mol. The van der Waals surface area contributed by atoms with Gasteiger partial charge in [0.1, 0.15) is 5.82 Å². The van der Waals surface area contributed by atoms with E-state index < -0.39 is 0 Å². The molecule has 1 aliphatic rings. The van der Waals surface area contributed by atoms with E-state index in [1.54, 1.807) is 13.2 Å². The molecule has 1 aromatic carbocycles. The fraction of sp³-hybridized carbons (Fsp3) is 0.600. The van der Waals surface area contributed by atoms with Gasteiger partial charge in [-0.25, -0.2) is 4.39 Å². The van der Waals surface area contributed by atoms with Gasteiger partial charge in [-0.15, -0.1) is 0 Å². The molecule has 4 heteroatoms. The van der Waals surface area contributed by atoms with E-state index in [2.05, 4.69) is 12.2 Å². The highest BCUT2D eigenvalue weighted by Gasteiger charge is 2.34. The molecule has 1 N–H and O–H groups in total. The Kier molecular flexibility index (Phi) is 4.64. The Hall–Kier alpha value is -1.29. The van der Waals surface area contributed by atoms with Crippen LogP contribution in [-0.2, 0) is 0 Å². The lowest BCUT2D eigenvalue weighted by Gasteiger charge is -2.20. The topological polar surface area (TPSA) is 30.5 Å². The van der Waals surface area contributed by atoms with Crippen LogP contribution in [0.5, 0.6) is 11.5 Å². The number of halogens is 1. The van der Waals surface area contributed by atoms with Crippen LogP contribution in [0.1, 0.15) is 37.8 Å². The zero-order chi connectivity index (χ0) is 13.8. The third-order valence-corrected chi connectivity index (χ3v) is 3.55. The zero-order valence-corrected chi connectivity index (χ0v) is 11.8. The number of benzene rings is 1. The maximum atomic E-state index is 14.2. The van der Waals surface area contributed by atoms with E-state index in [4.69, 9.17) is 9.47 Å². The predicted octanol–water partition coefficient (Wildman–Crippen LogP) is 3.29. The molecule has 3 nitrogen and oxygen atoms in total. The van der Waals surface area contributed by atoms with Gasteiger partial charge in [-0.1, -0.05) is 6.92 Å². The molecule has 1 saturated carbocycles. The van der Waals surface area contributed by atoms with Crippen LogP contribution < -0.4 is 14.8 Å². The van der Waals surface area contributed by atoms with Gasteiger partial charge in [-0.3, -0.25) is 0 Å². The number of hydrogen-bond acceptors (Lipinski definition) is 3. The maximum Gasteiger partial charge on any atom is 0.163 e. The van der Waals surface area contributed by atoms with Crippen molar-refractivity contribution >= 4 is 0 Å². The van der Waals surface area contributed by atoms with Gasteiger partial charge < -0.3 is 14.8 Å². The standard InChI is InChI=1S/C15H22FNO2/c1-4-7-17-15(10-5-6-10)11-8-13(18-2)14(19-3)9-12(11)16/h8-10,15,17H,4-7H2,1-3H3. The first-order chi connectivity index (χ1) is 9.21. The van der Waals surface area contributed by atoms with E-state index in [0.717, 1.165) is 25.8 Å². The molecule has 0 bridgehead atoms. The molecule has 1 atom stereocenters. The molecule has 106 valence electrons. The third-order valence-electron chi connectivity index (χ3n) is 3.55. The van der Waals surface area contributed by atoms with Crippen molar-refractivity contribution in [3.05, 3.63) is 23.5 Å². The summed E-state index contributed by atoms with van der Waals surface area (Å²) in [7, 11) is 3.09. The van der Waals surface area contributed by atoms with Gasteiger partial charge in [-0.2, -0.15) is 0 Å². The molecule has 19 heavy (non-hydrogen) atoms. The fourth-order valence-corrected chi connectivity index (χ4v) is 2.37. The molecule has 1 fully saturated rings. The average molecular weight is 267 g/mol. The Morgan fingerprint density at radius 1 is 1.26 bits per heavy atom. The second-order valence-electron chi connectivity index (χ2n) is 5.00. The van der Waals surface area contributed by atoms with Gasteiger partial charge in [0.25, 0.3) is 0 Å². The van der Waals surface area contributed by atoms with Crippen LogP contribution in [0, 0.1) is 11.7 Å². The van der Waals surface area contributed by atoms with E-state index in [9.17, 15) is 4.39 Å². The lowest BCUT2D eigenvalue weighted by atomic mass is 10.0. The van der Waals surface area contributed by atoms with Crippen molar-refractivity contribution in [3.63, 3.8) is 0 Å². The summed E-state index contributed by atoms with van der Waals surface area (Å²) in [5.74, 6) is 1.34. The van der Waals surface area contributed by atoms with Crippen LogP contribution in [0.25, 0.3) is 0 Å². The SMILES string of the molecule is CCCNC(c1cc(OC)c(OC)cc1F)C1CC1. The minimum atomic E-state index is -0.224. The van der Waals surface area contributed by atoms with E-state index >= 15 is 0 Å². The van der Waals surface area contributed by atoms with E-state index in [1.807, 2.05) is 0 Å². The number of rotatable bonds is 7. The molecule has 0 amide bonds. The Morgan fingerprint density at radius 3 is 2.42 bits per heavy atom. The average Bonchev–Trinajstić information content (AvgIpc) is 3.24. The van der Waals surface area contributed by atoms with Crippen LogP contribution in [-0.4, -0.2) is 20.8 Å². The summed E-state index contributed by atoms with van der Waals surface area (Å²) in [5, 5.41) is 3.44. The van der Waals surface area contributed by atoms with Crippen molar-refractivity contribution in [3.8, 4) is 11.5 Å². The summed E-state index contributed by atoms with van der Waals surface area (Å²) in [6, 6.07) is 3.26. The molecule has 1 unspecified atom stereocenters. The van der Waals surface area contributed by atoms with Gasteiger partial charge in [0, 0.05) is 17.7 Å². The van der Waals surface area contributed by atoms with Gasteiger partial charge in [0.05, 0.1) is 14.2 Å². The lowest BCUT2D eigenvalue weighted by Crippen LogP contribution is -2.24. The smallest absolute Gasteiger partial charge is 0.163 e. The minimum absolute atomic E-state index is 0.0831. The summed E-state index contributed by atoms with van der Waals surface area (Å²) < 4.78 is 24.6. The minimum Gasteiger partial charge on any atom is -0.493 e. The van der Waals surface area contributed by atoms with Crippen LogP contribution in [0.2, 0.25) is 0 Å². The molecule has 1 aromatic rings. The highest BCUT2D eigenvalue weighted by Crippen LogP contribution is 2.43. The summed E-state index contributed by atoms with van der Waals surface area (Å²) in [4.78, 5) is 0. The van der Waals surface area contributed by atoms with Crippen molar-refractivity contribution in [1.82, 2.24) is 5.32 Å². The van der Waals surface area contributed by atoms with Gasteiger partial charge in [0.15, 0.2) is 11.5 Å². The first-order valence-electron chi connectivity index (χ1n) is 6.86. The van der Waals surface area contributed by atoms with Crippen molar-refractivity contribution in [2.45, 2.75) is 32.2 Å². The second-order valence-corrected chi connectivity index (χ2v) is 5.00. The number of ether oxygens (including phenoxy) is 2. The van der Waals surface area contributed by atoms with Crippen molar-refractivity contribution in [2.24, 2.45) is 5.92 Å². The normalized spacial score (nSPS) is 16.2. The third kappa shape index (κ3) is 3.18. The molecule has 0 saturated heterocycles. The van der Waals surface area contributed by atoms with Crippen LogP contribution >= 0.6 is 0 Å². The van der Waals surface area contributed by atoms with Crippen LogP contribution in [0.4, 0.5) is 4.39 Å². The summed E-state index contributed by atoms with van der Waals surface area (Å²) in [6.07, 6.45) is 3.36. The highest BCUT2D eigenvalue weighted by atomic mass is 19.1. The predicted molar refractivity (Wildman–Crippen MR) is 73.3 cm³/mol. The van der Waals surface area contributed by atoms with Gasteiger partial charge in [-0.05, 0) is 37.8 Å². The summed E-state index contributed by atoms with van der Waals surface area (Å²) in [5.41, 5.74) is 0.689. The quantitative estimate of drug-likeness (QED) is 0.822. The van der Waals surface area contributed by atoms with E-state index in [0.29, 0.717) is 23.0 Å². The first-order valence-corrected chi connectivity index (χ1v) is 6.86. The molecule has 0 aromatic heterocycles. The molecule has 0 heterocycles. The van der Waals surface area contributed by atoms with Gasteiger partial charge in [0.2, 0.25) is 0 Å². The summed E-state index contributed by atoms with van der Waals surface area (Å²) >= 11 is 0. The highest BCUT2D eigenvalue weighted by molar-refractivity contribution is 5.45. The number of hydrogen-bond donors (Lipinski definition) is 1. The van der Waals surface area contributed by atoms with Crippen molar-refractivity contribution < 1.29 is 13.9 Å². The van der Waals surface area contributed by atoms with Crippen LogP contribution in [0.15, 0.2) is 12.1 Å². The number of methoxy groups -OCH3 is 2.